The van der Waals surface area contributed by atoms with Crippen LogP contribution in [0.2, 0.25) is 0 Å². The molecule has 0 aliphatic heterocycles. The Kier molecular flexibility index (Phi) is 5.08. The van der Waals surface area contributed by atoms with Crippen molar-refractivity contribution in [3.63, 3.8) is 0 Å². The topological polar surface area (TPSA) is 101 Å². The van der Waals surface area contributed by atoms with Gasteiger partial charge in [0, 0.05) is 17.0 Å². The number of hydrogen-bond donors (Lipinski definition) is 3. The molecular formula is C11H19N3O3S2. The first kappa shape index (κ1) is 16.1. The van der Waals surface area contributed by atoms with E-state index >= 15 is 0 Å². The Balaban J connectivity index is 2.63. The molecule has 0 fully saturated rings. The van der Waals surface area contributed by atoms with Gasteiger partial charge in [0.05, 0.1) is 6.54 Å². The monoisotopic (exact) mass is 305 g/mol. The van der Waals surface area contributed by atoms with Crippen molar-refractivity contribution in [3.05, 3.63) is 17.0 Å². The molecule has 0 radical (unpaired) electrons. The number of carbonyl (C=O) groups excluding carboxylic acids is 1. The van der Waals surface area contributed by atoms with Gasteiger partial charge in [0.15, 0.2) is 0 Å². The van der Waals surface area contributed by atoms with Crippen LogP contribution in [0.1, 0.15) is 25.6 Å². The van der Waals surface area contributed by atoms with Gasteiger partial charge in [0.1, 0.15) is 4.21 Å². The molecule has 4 N–H and O–H groups in total. The third-order valence-corrected chi connectivity index (χ3v) is 5.04. The van der Waals surface area contributed by atoms with E-state index in [1.807, 2.05) is 20.8 Å². The summed E-state index contributed by atoms with van der Waals surface area (Å²) < 4.78 is 26.2. The molecule has 108 valence electrons. The molecule has 8 heteroatoms. The molecule has 1 amide bonds. The second kappa shape index (κ2) is 6.00. The number of carbonyl (C=O) groups is 1. The lowest BCUT2D eigenvalue weighted by atomic mass is 10.1. The van der Waals surface area contributed by atoms with Gasteiger partial charge < -0.3 is 11.1 Å². The first-order valence-electron chi connectivity index (χ1n) is 5.73. The van der Waals surface area contributed by atoms with E-state index in [1.54, 1.807) is 6.07 Å². The van der Waals surface area contributed by atoms with Gasteiger partial charge in [-0.15, -0.1) is 11.3 Å². The number of nitrogens with one attached hydrogen (secondary N) is 2. The third kappa shape index (κ3) is 5.27. The highest BCUT2D eigenvalue weighted by Crippen LogP contribution is 2.20. The van der Waals surface area contributed by atoms with E-state index in [2.05, 4.69) is 10.0 Å². The molecule has 0 atom stereocenters. The lowest BCUT2D eigenvalue weighted by Crippen LogP contribution is -2.45. The van der Waals surface area contributed by atoms with Crippen LogP contribution in [0.5, 0.6) is 0 Å². The number of nitrogens with two attached hydrogens (primary N) is 1. The summed E-state index contributed by atoms with van der Waals surface area (Å²) in [6.45, 7) is 5.49. The first-order valence-corrected chi connectivity index (χ1v) is 8.03. The summed E-state index contributed by atoms with van der Waals surface area (Å²) in [5.74, 6) is -0.369. The number of amides is 1. The van der Waals surface area contributed by atoms with Gasteiger partial charge >= 0.3 is 0 Å². The smallest absolute Gasteiger partial charge is 0.250 e. The zero-order chi connectivity index (χ0) is 14.7. The van der Waals surface area contributed by atoms with Gasteiger partial charge in [-0.3, -0.25) is 4.79 Å². The minimum Gasteiger partial charge on any atom is -0.350 e. The Hall–Kier alpha value is -0.960. The van der Waals surface area contributed by atoms with Crippen molar-refractivity contribution >= 4 is 27.3 Å². The highest BCUT2D eigenvalue weighted by Gasteiger charge is 2.19. The summed E-state index contributed by atoms with van der Waals surface area (Å²) >= 11 is 1.10. The zero-order valence-electron chi connectivity index (χ0n) is 11.2. The normalized spacial score (nSPS) is 12.4. The van der Waals surface area contributed by atoms with E-state index < -0.39 is 15.6 Å². The predicted molar refractivity (Wildman–Crippen MR) is 75.3 cm³/mol. The summed E-state index contributed by atoms with van der Waals surface area (Å²) in [4.78, 5) is 12.3. The maximum Gasteiger partial charge on any atom is 0.250 e. The molecule has 1 heterocycles. The number of thiophene rings is 1. The Bertz CT molecular complexity index is 544. The van der Waals surface area contributed by atoms with Gasteiger partial charge in [-0.25, -0.2) is 13.1 Å². The van der Waals surface area contributed by atoms with Crippen LogP contribution in [-0.2, 0) is 21.4 Å². The average Bonchev–Trinajstić information content (AvgIpc) is 2.73. The first-order chi connectivity index (χ1) is 8.64. The van der Waals surface area contributed by atoms with Crippen LogP contribution in [0.3, 0.4) is 0 Å². The standard InChI is InChI=1S/C11H19N3O3S2/c1-11(2,3)14-9(15)7-13-19(16,17)10-5-4-8(6-12)18-10/h4-5,13H,6-7,12H2,1-3H3,(H,14,15). The fourth-order valence-corrected chi connectivity index (χ4v) is 3.57. The van der Waals surface area contributed by atoms with Crippen molar-refractivity contribution in [2.45, 2.75) is 37.1 Å². The molecule has 0 aliphatic rings. The van der Waals surface area contributed by atoms with Crippen LogP contribution in [0.25, 0.3) is 0 Å². The molecule has 19 heavy (non-hydrogen) atoms. The number of sulfonamides is 1. The van der Waals surface area contributed by atoms with Crippen molar-refractivity contribution in [3.8, 4) is 0 Å². The van der Waals surface area contributed by atoms with E-state index in [1.165, 1.54) is 6.07 Å². The fraction of sp³-hybridized carbons (Fsp3) is 0.545. The fourth-order valence-electron chi connectivity index (χ4n) is 1.31. The molecule has 0 saturated heterocycles. The van der Waals surface area contributed by atoms with Gasteiger partial charge in [-0.2, -0.15) is 0 Å². The summed E-state index contributed by atoms with van der Waals surface area (Å²) in [5, 5.41) is 2.68. The maximum absolute atomic E-state index is 11.9. The molecular weight excluding hydrogens is 286 g/mol. The lowest BCUT2D eigenvalue weighted by Gasteiger charge is -2.20. The SMILES string of the molecule is CC(C)(C)NC(=O)CNS(=O)(=O)c1ccc(CN)s1. The summed E-state index contributed by atoms with van der Waals surface area (Å²) in [5.41, 5.74) is 5.04. The van der Waals surface area contributed by atoms with Crippen LogP contribution in [-0.4, -0.2) is 26.4 Å². The lowest BCUT2D eigenvalue weighted by molar-refractivity contribution is -0.121. The molecule has 0 aliphatic carbocycles. The van der Waals surface area contributed by atoms with E-state index in [4.69, 9.17) is 5.73 Å². The van der Waals surface area contributed by atoms with Crippen molar-refractivity contribution < 1.29 is 13.2 Å². The average molecular weight is 305 g/mol. The minimum absolute atomic E-state index is 0.163. The van der Waals surface area contributed by atoms with Crippen LogP contribution in [0.15, 0.2) is 16.3 Å². The minimum atomic E-state index is -3.65. The summed E-state index contributed by atoms with van der Waals surface area (Å²) in [7, 11) is -3.65. The molecule has 0 aromatic carbocycles. The molecule has 0 saturated carbocycles. The Morgan fingerprint density at radius 3 is 2.47 bits per heavy atom. The Morgan fingerprint density at radius 1 is 1.37 bits per heavy atom. The quantitative estimate of drug-likeness (QED) is 0.733. The Morgan fingerprint density at radius 2 is 2.00 bits per heavy atom. The second-order valence-electron chi connectivity index (χ2n) is 5.05. The molecule has 1 aromatic rings. The summed E-state index contributed by atoms with van der Waals surface area (Å²) in [6.07, 6.45) is 0. The highest BCUT2D eigenvalue weighted by atomic mass is 32.2. The van der Waals surface area contributed by atoms with Crippen molar-refractivity contribution in [1.29, 1.82) is 0 Å². The van der Waals surface area contributed by atoms with Crippen molar-refractivity contribution in [2.24, 2.45) is 5.73 Å². The molecule has 1 rings (SSSR count). The largest absolute Gasteiger partial charge is 0.350 e. The van der Waals surface area contributed by atoms with Gasteiger partial charge in [-0.1, -0.05) is 0 Å². The zero-order valence-corrected chi connectivity index (χ0v) is 12.8. The van der Waals surface area contributed by atoms with Gasteiger partial charge in [-0.05, 0) is 32.9 Å². The van der Waals surface area contributed by atoms with Gasteiger partial charge in [0.2, 0.25) is 5.91 Å². The van der Waals surface area contributed by atoms with E-state index in [-0.39, 0.29) is 16.7 Å². The van der Waals surface area contributed by atoms with Crippen molar-refractivity contribution in [2.75, 3.05) is 6.54 Å². The number of rotatable bonds is 5. The van der Waals surface area contributed by atoms with Crippen LogP contribution >= 0.6 is 11.3 Å². The van der Waals surface area contributed by atoms with Crippen LogP contribution < -0.4 is 15.8 Å². The molecule has 0 spiro atoms. The predicted octanol–water partition coefficient (Wildman–Crippen LogP) is 0.400. The molecule has 6 nitrogen and oxygen atoms in total. The number of hydrogen-bond acceptors (Lipinski definition) is 5. The highest BCUT2D eigenvalue weighted by molar-refractivity contribution is 7.91. The van der Waals surface area contributed by atoms with E-state index in [9.17, 15) is 13.2 Å². The molecule has 1 aromatic heterocycles. The van der Waals surface area contributed by atoms with E-state index in [0.29, 0.717) is 6.54 Å². The second-order valence-corrected chi connectivity index (χ2v) is 8.21. The van der Waals surface area contributed by atoms with E-state index in [0.717, 1.165) is 16.2 Å². The van der Waals surface area contributed by atoms with Crippen LogP contribution in [0.4, 0.5) is 0 Å². The maximum atomic E-state index is 11.9. The van der Waals surface area contributed by atoms with Crippen LogP contribution in [0, 0.1) is 0 Å². The molecule has 0 bridgehead atoms. The third-order valence-electron chi connectivity index (χ3n) is 2.04. The molecule has 0 unspecified atom stereocenters. The van der Waals surface area contributed by atoms with Gasteiger partial charge in [0.25, 0.3) is 10.0 Å². The summed E-state index contributed by atoms with van der Waals surface area (Å²) in [6, 6.07) is 3.14. The Labute approximate surface area is 117 Å². The van der Waals surface area contributed by atoms with Crippen molar-refractivity contribution in [1.82, 2.24) is 10.0 Å².